The number of ketones is 1. The Morgan fingerprint density at radius 3 is 2.25 bits per heavy atom. The van der Waals surface area contributed by atoms with Gasteiger partial charge in [-0.1, -0.05) is 12.1 Å². The average molecular weight is 457 g/mol. The van der Waals surface area contributed by atoms with Gasteiger partial charge in [0.2, 0.25) is 5.91 Å². The minimum atomic E-state index is -0.877. The van der Waals surface area contributed by atoms with E-state index in [9.17, 15) is 14.4 Å². The Bertz CT molecular complexity index is 965. The molecule has 1 fully saturated rings. The molecule has 32 heavy (non-hydrogen) atoms. The summed E-state index contributed by atoms with van der Waals surface area (Å²) < 4.78 is 5.21. The Hall–Kier alpha value is -2.80. The number of nitrogens with one attached hydrogen (secondary N) is 2. The first-order valence-corrected chi connectivity index (χ1v) is 13.6. The molecule has 0 saturated heterocycles. The van der Waals surface area contributed by atoms with Gasteiger partial charge in [-0.15, -0.1) is 0 Å². The molecule has 1 saturated carbocycles. The van der Waals surface area contributed by atoms with Crippen LogP contribution in [0.15, 0.2) is 53.4 Å². The van der Waals surface area contributed by atoms with E-state index in [2.05, 4.69) is 29.4 Å². The molecule has 2 aromatic carbocycles. The van der Waals surface area contributed by atoms with Gasteiger partial charge in [0.15, 0.2) is 0 Å². The molecule has 0 heterocycles. The first-order valence-electron chi connectivity index (χ1n) is 10.7. The maximum Gasteiger partial charge on any atom is 0.251 e. The lowest BCUT2D eigenvalue weighted by Crippen LogP contribution is -2.41. The second kappa shape index (κ2) is 10.2. The van der Waals surface area contributed by atoms with E-state index in [-0.39, 0.29) is 29.9 Å². The quantitative estimate of drug-likeness (QED) is 0.650. The summed E-state index contributed by atoms with van der Waals surface area (Å²) in [7, 11) is 0.717. The van der Waals surface area contributed by atoms with Gasteiger partial charge in [0.25, 0.3) is 5.91 Å². The zero-order chi connectivity index (χ0) is 23.3. The number of ether oxygens (including phenoxy) is 1. The Morgan fingerprint density at radius 1 is 1.03 bits per heavy atom. The number of rotatable bonds is 7. The van der Waals surface area contributed by atoms with E-state index in [0.717, 1.165) is 0 Å². The van der Waals surface area contributed by atoms with E-state index < -0.39 is 16.1 Å². The van der Waals surface area contributed by atoms with Crippen molar-refractivity contribution < 1.29 is 19.1 Å². The van der Waals surface area contributed by atoms with Crippen molar-refractivity contribution in [1.29, 1.82) is 0 Å². The molecule has 2 atom stereocenters. The molecular formula is C25H32N2O4S. The summed E-state index contributed by atoms with van der Waals surface area (Å²) in [6.07, 6.45) is 8.77. The van der Waals surface area contributed by atoms with E-state index in [1.54, 1.807) is 31.4 Å². The first kappa shape index (κ1) is 23.9. The zero-order valence-corrected chi connectivity index (χ0v) is 20.0. The Morgan fingerprint density at radius 2 is 1.69 bits per heavy atom. The molecule has 2 amide bonds. The molecule has 2 N–H and O–H groups in total. The first-order chi connectivity index (χ1) is 15.2. The van der Waals surface area contributed by atoms with Crippen molar-refractivity contribution in [2.24, 2.45) is 5.92 Å². The molecule has 1 aliphatic rings. The predicted molar refractivity (Wildman–Crippen MR) is 130 cm³/mol. The topological polar surface area (TPSA) is 84.5 Å². The minimum absolute atomic E-state index is 0.0999. The molecule has 7 heteroatoms. The molecule has 1 aliphatic carbocycles. The third-order valence-corrected chi connectivity index (χ3v) is 7.37. The summed E-state index contributed by atoms with van der Waals surface area (Å²) in [5.41, 5.74) is 1.32. The maximum absolute atomic E-state index is 13.2. The van der Waals surface area contributed by atoms with Crippen LogP contribution in [0.3, 0.4) is 0 Å². The van der Waals surface area contributed by atoms with Gasteiger partial charge in [-0.3, -0.25) is 14.4 Å². The smallest absolute Gasteiger partial charge is 0.251 e. The van der Waals surface area contributed by atoms with Crippen molar-refractivity contribution in [3.63, 3.8) is 0 Å². The molecule has 6 nitrogen and oxygen atoms in total. The maximum atomic E-state index is 13.2. The fraction of sp³-hybridized carbons (Fsp3) is 0.400. The van der Waals surface area contributed by atoms with Crippen LogP contribution >= 0.6 is 10.0 Å². The third-order valence-electron chi connectivity index (χ3n) is 5.68. The van der Waals surface area contributed by atoms with E-state index >= 15 is 0 Å². The molecule has 0 radical (unpaired) electrons. The zero-order valence-electron chi connectivity index (χ0n) is 19.1. The average Bonchev–Trinajstić information content (AvgIpc) is 2.77. The van der Waals surface area contributed by atoms with Crippen LogP contribution in [0, 0.1) is 5.92 Å². The van der Waals surface area contributed by atoms with Crippen LogP contribution in [0.1, 0.15) is 37.3 Å². The second-order valence-electron chi connectivity index (χ2n) is 8.90. The van der Waals surface area contributed by atoms with Crippen molar-refractivity contribution in [1.82, 2.24) is 5.32 Å². The third kappa shape index (κ3) is 6.13. The fourth-order valence-electron chi connectivity index (χ4n) is 3.77. The number of hydrogen-bond donors (Lipinski definition) is 2. The van der Waals surface area contributed by atoms with E-state index in [4.69, 9.17) is 4.74 Å². The predicted octanol–water partition coefficient (Wildman–Crippen LogP) is 4.30. The highest BCUT2D eigenvalue weighted by molar-refractivity contribution is 8.32. The highest BCUT2D eigenvalue weighted by atomic mass is 32.3. The van der Waals surface area contributed by atoms with Crippen LogP contribution < -0.4 is 15.4 Å². The molecule has 0 aromatic heterocycles. The van der Waals surface area contributed by atoms with Crippen molar-refractivity contribution in [3.05, 3.63) is 54.1 Å². The van der Waals surface area contributed by atoms with Gasteiger partial charge in [-0.25, -0.2) is 10.0 Å². The molecule has 0 bridgehead atoms. The lowest BCUT2D eigenvalue weighted by Gasteiger charge is -2.26. The number of amides is 2. The van der Waals surface area contributed by atoms with Crippen molar-refractivity contribution in [2.75, 3.05) is 31.2 Å². The highest BCUT2D eigenvalue weighted by Crippen LogP contribution is 2.45. The minimum Gasteiger partial charge on any atom is -0.497 e. The lowest BCUT2D eigenvalue weighted by molar-refractivity contribution is -0.133. The van der Waals surface area contributed by atoms with Gasteiger partial charge in [-0.2, -0.15) is 0 Å². The summed E-state index contributed by atoms with van der Waals surface area (Å²) in [5, 5.41) is 5.80. The SMILES string of the molecule is COc1ccc(C(NC(=O)C2CCCC(=O)C2)C(=O)Nc2ccc(S(C)(C)C)cc2)cc1. The van der Waals surface area contributed by atoms with Crippen molar-refractivity contribution in [2.45, 2.75) is 36.6 Å². The van der Waals surface area contributed by atoms with Crippen LogP contribution in [0.4, 0.5) is 5.69 Å². The molecular weight excluding hydrogens is 424 g/mol. The summed E-state index contributed by atoms with van der Waals surface area (Å²) in [4.78, 5) is 39.2. The molecule has 3 rings (SSSR count). The second-order valence-corrected chi connectivity index (χ2v) is 13.0. The Labute approximate surface area is 191 Å². The summed E-state index contributed by atoms with van der Waals surface area (Å²) in [6, 6.07) is 14.0. The summed E-state index contributed by atoms with van der Waals surface area (Å²) in [6.45, 7) is 0. The molecule has 172 valence electrons. The fourth-order valence-corrected chi connectivity index (χ4v) is 4.72. The monoisotopic (exact) mass is 456 g/mol. The summed E-state index contributed by atoms with van der Waals surface area (Å²) in [5.74, 6) is -0.221. The summed E-state index contributed by atoms with van der Waals surface area (Å²) >= 11 is 0. The lowest BCUT2D eigenvalue weighted by atomic mass is 9.87. The number of hydrogen-bond acceptors (Lipinski definition) is 4. The van der Waals surface area contributed by atoms with Gasteiger partial charge in [0, 0.05) is 24.4 Å². The van der Waals surface area contributed by atoms with E-state index in [1.807, 2.05) is 24.3 Å². The largest absolute Gasteiger partial charge is 0.497 e. The van der Waals surface area contributed by atoms with Crippen molar-refractivity contribution in [3.8, 4) is 5.75 Å². The van der Waals surface area contributed by atoms with Gasteiger partial charge >= 0.3 is 0 Å². The van der Waals surface area contributed by atoms with Gasteiger partial charge in [0.1, 0.15) is 17.6 Å². The number of carbonyl (C=O) groups excluding carboxylic acids is 3. The van der Waals surface area contributed by atoms with E-state index in [1.165, 1.54) is 4.90 Å². The van der Waals surface area contributed by atoms with Gasteiger partial charge in [-0.05, 0) is 78.5 Å². The van der Waals surface area contributed by atoms with Gasteiger partial charge in [0.05, 0.1) is 7.11 Å². The number of methoxy groups -OCH3 is 1. The highest BCUT2D eigenvalue weighted by Gasteiger charge is 2.30. The van der Waals surface area contributed by atoms with Crippen molar-refractivity contribution >= 4 is 33.3 Å². The van der Waals surface area contributed by atoms with Gasteiger partial charge < -0.3 is 15.4 Å². The Kier molecular flexibility index (Phi) is 7.61. The molecule has 0 spiro atoms. The standard InChI is InChI=1S/C25H32N2O4S/c1-31-21-12-8-17(9-13-21)23(27-24(29)18-6-5-7-20(28)16-18)25(30)26-19-10-14-22(15-11-19)32(2,3)4/h8-15,18,23H,5-7,16H2,1-4H3,(H,26,30)(H,27,29). The normalized spacial score (nSPS) is 17.9. The van der Waals surface area contributed by atoms with Crippen LogP contribution in [-0.2, 0) is 14.4 Å². The number of anilines is 1. The number of benzene rings is 2. The molecule has 0 aliphatic heterocycles. The van der Waals surface area contributed by atoms with Crippen LogP contribution in [0.5, 0.6) is 5.75 Å². The number of Topliss-reactive ketones (excluding diaryl/α,β-unsaturated/α-hetero) is 1. The Balaban J connectivity index is 1.79. The van der Waals surface area contributed by atoms with E-state index in [0.29, 0.717) is 36.3 Å². The molecule has 2 unspecified atom stereocenters. The molecule has 2 aromatic rings. The van der Waals surface area contributed by atoms with Crippen LogP contribution in [0.2, 0.25) is 0 Å². The van der Waals surface area contributed by atoms with Crippen LogP contribution in [0.25, 0.3) is 0 Å². The number of carbonyl (C=O) groups is 3. The van der Waals surface area contributed by atoms with Crippen LogP contribution in [-0.4, -0.2) is 43.5 Å².